The zero-order valence-corrected chi connectivity index (χ0v) is 15.2. The topological polar surface area (TPSA) is 64.6 Å². The third-order valence-corrected chi connectivity index (χ3v) is 3.74. The first-order chi connectivity index (χ1) is 12.3. The number of rotatable bonds is 7. The van der Waals surface area contributed by atoms with Gasteiger partial charge in [0, 0.05) is 0 Å². The molecular weight excluding hydrogens is 361 g/mol. The highest BCUT2D eigenvalue weighted by molar-refractivity contribution is 6.33. The van der Waals surface area contributed by atoms with E-state index in [1.165, 1.54) is 19.1 Å². The first-order valence-electron chi connectivity index (χ1n) is 8.00. The normalized spacial score (nSPS) is 11.5. The summed E-state index contributed by atoms with van der Waals surface area (Å²) in [6.07, 6.45) is -1.02. The number of nitrogens with one attached hydrogen (secondary N) is 1. The van der Waals surface area contributed by atoms with Crippen molar-refractivity contribution in [1.29, 1.82) is 0 Å². The molecule has 7 heteroatoms. The molecule has 0 bridgehead atoms. The lowest BCUT2D eigenvalue weighted by atomic mass is 10.2. The van der Waals surface area contributed by atoms with Gasteiger partial charge in [-0.1, -0.05) is 23.7 Å². The zero-order valence-electron chi connectivity index (χ0n) is 14.4. The molecule has 0 saturated heterocycles. The molecule has 2 rings (SSSR count). The van der Waals surface area contributed by atoms with E-state index in [4.69, 9.17) is 21.1 Å². The number of aryl methyl sites for hydroxylation is 1. The standard InChI is InChI=1S/C19H19ClFNO4/c1-12-4-3-5-15(10-12)25-9-8-18(23)26-13(2)19(24)22-17-7-6-14(21)11-16(17)20/h3-7,10-11,13H,8-9H2,1-2H3,(H,22,24)/t13-/m1/s1. The average molecular weight is 380 g/mol. The summed E-state index contributed by atoms with van der Waals surface area (Å²) in [5.41, 5.74) is 1.29. The fraction of sp³-hybridized carbons (Fsp3) is 0.263. The van der Waals surface area contributed by atoms with Crippen molar-refractivity contribution in [2.75, 3.05) is 11.9 Å². The van der Waals surface area contributed by atoms with Gasteiger partial charge in [0.25, 0.3) is 5.91 Å². The predicted molar refractivity (Wildman–Crippen MR) is 96.9 cm³/mol. The maximum Gasteiger partial charge on any atom is 0.310 e. The van der Waals surface area contributed by atoms with Crippen molar-refractivity contribution in [1.82, 2.24) is 0 Å². The van der Waals surface area contributed by atoms with Gasteiger partial charge in [0.05, 0.1) is 23.7 Å². The van der Waals surface area contributed by atoms with Gasteiger partial charge in [0.2, 0.25) is 0 Å². The average Bonchev–Trinajstić information content (AvgIpc) is 2.57. The molecule has 1 atom stereocenters. The number of anilines is 1. The van der Waals surface area contributed by atoms with Gasteiger partial charge in [0.1, 0.15) is 11.6 Å². The molecule has 0 spiro atoms. The molecule has 2 aromatic carbocycles. The lowest BCUT2D eigenvalue weighted by Crippen LogP contribution is -2.30. The molecule has 0 heterocycles. The number of carbonyl (C=O) groups is 2. The number of ether oxygens (including phenoxy) is 2. The Morgan fingerprint density at radius 3 is 2.69 bits per heavy atom. The van der Waals surface area contributed by atoms with Crippen molar-refractivity contribution >= 4 is 29.2 Å². The van der Waals surface area contributed by atoms with E-state index in [2.05, 4.69) is 5.32 Å². The molecule has 0 unspecified atom stereocenters. The van der Waals surface area contributed by atoms with Gasteiger partial charge in [-0.15, -0.1) is 0 Å². The maximum absolute atomic E-state index is 13.0. The van der Waals surface area contributed by atoms with Gasteiger partial charge in [-0.05, 0) is 49.7 Å². The molecule has 0 radical (unpaired) electrons. The van der Waals surface area contributed by atoms with Crippen molar-refractivity contribution in [2.24, 2.45) is 0 Å². The minimum Gasteiger partial charge on any atom is -0.493 e. The van der Waals surface area contributed by atoms with Crippen LogP contribution in [0, 0.1) is 12.7 Å². The lowest BCUT2D eigenvalue weighted by molar-refractivity contribution is -0.153. The van der Waals surface area contributed by atoms with E-state index in [9.17, 15) is 14.0 Å². The van der Waals surface area contributed by atoms with E-state index in [1.54, 1.807) is 6.07 Å². The number of hydrogen-bond acceptors (Lipinski definition) is 4. The van der Waals surface area contributed by atoms with Crippen LogP contribution in [0.5, 0.6) is 5.75 Å². The van der Waals surface area contributed by atoms with E-state index in [-0.39, 0.29) is 23.7 Å². The molecule has 138 valence electrons. The van der Waals surface area contributed by atoms with E-state index < -0.39 is 23.8 Å². The van der Waals surface area contributed by atoms with Crippen LogP contribution in [0.3, 0.4) is 0 Å². The summed E-state index contributed by atoms with van der Waals surface area (Å²) in [6.45, 7) is 3.52. The Morgan fingerprint density at radius 2 is 2.00 bits per heavy atom. The van der Waals surface area contributed by atoms with Gasteiger partial charge in [-0.2, -0.15) is 0 Å². The summed E-state index contributed by atoms with van der Waals surface area (Å²) >= 11 is 5.84. The number of halogens is 2. The Morgan fingerprint density at radius 1 is 1.23 bits per heavy atom. The van der Waals surface area contributed by atoms with E-state index in [1.807, 2.05) is 25.1 Å². The molecule has 1 N–H and O–H groups in total. The maximum atomic E-state index is 13.0. The molecule has 0 fully saturated rings. The Bertz CT molecular complexity index is 797. The molecular formula is C19H19ClFNO4. The third-order valence-electron chi connectivity index (χ3n) is 3.43. The largest absolute Gasteiger partial charge is 0.493 e. The smallest absolute Gasteiger partial charge is 0.310 e. The van der Waals surface area contributed by atoms with Crippen molar-refractivity contribution in [3.63, 3.8) is 0 Å². The quantitative estimate of drug-likeness (QED) is 0.735. The third kappa shape index (κ3) is 6.04. The Kier molecular flexibility index (Phi) is 6.97. The second-order valence-electron chi connectivity index (χ2n) is 5.66. The molecule has 0 aliphatic heterocycles. The van der Waals surface area contributed by atoms with Crippen molar-refractivity contribution in [3.8, 4) is 5.75 Å². The summed E-state index contributed by atoms with van der Waals surface area (Å²) in [5.74, 6) is -0.979. The lowest BCUT2D eigenvalue weighted by Gasteiger charge is -2.14. The summed E-state index contributed by atoms with van der Waals surface area (Å²) in [7, 11) is 0. The van der Waals surface area contributed by atoms with Crippen LogP contribution in [0.1, 0.15) is 18.9 Å². The number of benzene rings is 2. The number of hydrogen-bond donors (Lipinski definition) is 1. The molecule has 5 nitrogen and oxygen atoms in total. The molecule has 0 saturated carbocycles. The second-order valence-corrected chi connectivity index (χ2v) is 6.07. The monoisotopic (exact) mass is 379 g/mol. The van der Waals surface area contributed by atoms with Crippen LogP contribution in [-0.4, -0.2) is 24.6 Å². The summed E-state index contributed by atoms with van der Waals surface area (Å²) in [6, 6.07) is 11.0. The highest BCUT2D eigenvalue weighted by atomic mass is 35.5. The van der Waals surface area contributed by atoms with Crippen LogP contribution in [0.4, 0.5) is 10.1 Å². The van der Waals surface area contributed by atoms with E-state index >= 15 is 0 Å². The number of carbonyl (C=O) groups excluding carboxylic acids is 2. The number of esters is 1. The van der Waals surface area contributed by atoms with Crippen molar-refractivity contribution in [3.05, 3.63) is 58.9 Å². The van der Waals surface area contributed by atoms with E-state index in [0.29, 0.717) is 5.75 Å². The van der Waals surface area contributed by atoms with E-state index in [0.717, 1.165) is 11.6 Å². The Labute approximate surface area is 156 Å². The molecule has 1 amide bonds. The summed E-state index contributed by atoms with van der Waals surface area (Å²) < 4.78 is 23.5. The van der Waals surface area contributed by atoms with Crippen LogP contribution in [-0.2, 0) is 14.3 Å². The highest BCUT2D eigenvalue weighted by Gasteiger charge is 2.19. The molecule has 0 aromatic heterocycles. The van der Waals surface area contributed by atoms with Gasteiger partial charge in [-0.3, -0.25) is 9.59 Å². The van der Waals surface area contributed by atoms with Crippen LogP contribution in [0.2, 0.25) is 5.02 Å². The summed E-state index contributed by atoms with van der Waals surface area (Å²) in [4.78, 5) is 23.9. The predicted octanol–water partition coefficient (Wildman–Crippen LogP) is 4.13. The van der Waals surface area contributed by atoms with Crippen molar-refractivity contribution < 1.29 is 23.5 Å². The van der Waals surface area contributed by atoms with Gasteiger partial charge < -0.3 is 14.8 Å². The second kappa shape index (κ2) is 9.20. The minimum atomic E-state index is -1.03. The first-order valence-corrected chi connectivity index (χ1v) is 8.38. The molecule has 0 aliphatic carbocycles. The van der Waals surface area contributed by atoms with Gasteiger partial charge >= 0.3 is 5.97 Å². The van der Waals surface area contributed by atoms with Crippen molar-refractivity contribution in [2.45, 2.75) is 26.4 Å². The molecule has 26 heavy (non-hydrogen) atoms. The molecule has 2 aromatic rings. The van der Waals surface area contributed by atoms with Gasteiger partial charge in [-0.25, -0.2) is 4.39 Å². The highest BCUT2D eigenvalue weighted by Crippen LogP contribution is 2.22. The fourth-order valence-electron chi connectivity index (χ4n) is 2.09. The number of amides is 1. The zero-order chi connectivity index (χ0) is 19.1. The fourth-order valence-corrected chi connectivity index (χ4v) is 2.31. The summed E-state index contributed by atoms with van der Waals surface area (Å²) in [5, 5.41) is 2.54. The minimum absolute atomic E-state index is 0.00284. The van der Waals surface area contributed by atoms with Crippen LogP contribution in [0.15, 0.2) is 42.5 Å². The first kappa shape index (κ1) is 19.7. The Balaban J connectivity index is 1.77. The molecule has 0 aliphatic rings. The SMILES string of the molecule is Cc1cccc(OCCC(=O)O[C@H](C)C(=O)Nc2ccc(F)cc2Cl)c1. The van der Waals surface area contributed by atoms with Crippen LogP contribution in [0.25, 0.3) is 0 Å². The Hall–Kier alpha value is -2.60. The van der Waals surface area contributed by atoms with Crippen LogP contribution < -0.4 is 10.1 Å². The van der Waals surface area contributed by atoms with Gasteiger partial charge in [0.15, 0.2) is 6.10 Å². The van der Waals surface area contributed by atoms with Crippen LogP contribution >= 0.6 is 11.6 Å².